The van der Waals surface area contributed by atoms with Gasteiger partial charge in [-0.05, 0) is 36.8 Å². The largest absolute Gasteiger partial charge is 0.436 e. The van der Waals surface area contributed by atoms with Gasteiger partial charge >= 0.3 is 0 Å². The second-order valence-corrected chi connectivity index (χ2v) is 6.42. The fraction of sp³-hybridized carbons (Fsp3) is 0.250. The van der Waals surface area contributed by atoms with E-state index in [2.05, 4.69) is 10.3 Å². The predicted octanol–water partition coefficient (Wildman–Crippen LogP) is 2.70. The molecule has 132 valence electrons. The topological polar surface area (TPSA) is 75.4 Å². The average Bonchev–Trinajstić information content (AvgIpc) is 3.34. The fourth-order valence-corrected chi connectivity index (χ4v) is 3.33. The number of aromatic nitrogens is 1. The molecule has 2 aromatic carbocycles. The van der Waals surface area contributed by atoms with Crippen LogP contribution in [0.5, 0.6) is 0 Å². The van der Waals surface area contributed by atoms with Crippen LogP contribution in [-0.4, -0.2) is 41.8 Å². The van der Waals surface area contributed by atoms with Gasteiger partial charge in [0.25, 0.3) is 5.91 Å². The maximum atomic E-state index is 12.8. The Morgan fingerprint density at radius 2 is 2.04 bits per heavy atom. The highest BCUT2D eigenvalue weighted by molar-refractivity contribution is 5.96. The van der Waals surface area contributed by atoms with E-state index < -0.39 is 0 Å². The number of hydrogen-bond donors (Lipinski definition) is 1. The van der Waals surface area contributed by atoms with Gasteiger partial charge in [-0.15, -0.1) is 0 Å². The van der Waals surface area contributed by atoms with E-state index in [-0.39, 0.29) is 17.7 Å². The van der Waals surface area contributed by atoms with Crippen molar-refractivity contribution >= 4 is 22.9 Å². The Balaban J connectivity index is 1.58. The van der Waals surface area contributed by atoms with Gasteiger partial charge in [-0.25, -0.2) is 4.98 Å². The molecular formula is C20H19N3O3. The second-order valence-electron chi connectivity index (χ2n) is 6.42. The normalized spacial score (nSPS) is 16.8. The lowest BCUT2D eigenvalue weighted by Gasteiger charge is -2.16. The second kappa shape index (κ2) is 6.63. The van der Waals surface area contributed by atoms with Crippen molar-refractivity contribution in [2.45, 2.75) is 6.42 Å². The number of nitrogens with one attached hydrogen (secondary N) is 1. The molecule has 1 aliphatic rings. The third-order valence-corrected chi connectivity index (χ3v) is 4.74. The van der Waals surface area contributed by atoms with Crippen LogP contribution < -0.4 is 5.32 Å². The molecule has 1 aliphatic heterocycles. The zero-order chi connectivity index (χ0) is 18.1. The highest BCUT2D eigenvalue weighted by Gasteiger charge is 2.31. The number of oxazole rings is 1. The summed E-state index contributed by atoms with van der Waals surface area (Å²) in [5.74, 6) is 0.268. The highest BCUT2D eigenvalue weighted by Crippen LogP contribution is 2.26. The molecule has 0 bridgehead atoms. The third-order valence-electron chi connectivity index (χ3n) is 4.74. The Kier molecular flexibility index (Phi) is 4.16. The van der Waals surface area contributed by atoms with Gasteiger partial charge < -0.3 is 14.6 Å². The lowest BCUT2D eigenvalue weighted by atomic mass is 10.1. The molecule has 2 amide bonds. The van der Waals surface area contributed by atoms with E-state index in [0.29, 0.717) is 36.5 Å². The van der Waals surface area contributed by atoms with Crippen LogP contribution in [0, 0.1) is 5.92 Å². The summed E-state index contributed by atoms with van der Waals surface area (Å²) in [6.45, 7) is 1.04. The number of benzene rings is 2. The van der Waals surface area contributed by atoms with Crippen molar-refractivity contribution in [1.29, 1.82) is 0 Å². The molecule has 6 nitrogen and oxygen atoms in total. The Bertz CT molecular complexity index is 946. The zero-order valence-corrected chi connectivity index (χ0v) is 14.4. The highest BCUT2D eigenvalue weighted by atomic mass is 16.3. The van der Waals surface area contributed by atoms with Gasteiger partial charge in [0.15, 0.2) is 5.58 Å². The van der Waals surface area contributed by atoms with Crippen molar-refractivity contribution < 1.29 is 14.0 Å². The molecule has 26 heavy (non-hydrogen) atoms. The van der Waals surface area contributed by atoms with Gasteiger partial charge in [0.1, 0.15) is 5.52 Å². The van der Waals surface area contributed by atoms with Crippen molar-refractivity contribution in [2.75, 3.05) is 20.1 Å². The molecule has 0 unspecified atom stereocenters. The third kappa shape index (κ3) is 2.94. The van der Waals surface area contributed by atoms with Gasteiger partial charge in [-0.2, -0.15) is 0 Å². The van der Waals surface area contributed by atoms with Crippen LogP contribution in [0.4, 0.5) is 0 Å². The van der Waals surface area contributed by atoms with Gasteiger partial charge in [0.05, 0.1) is 5.92 Å². The van der Waals surface area contributed by atoms with E-state index in [4.69, 9.17) is 4.42 Å². The smallest absolute Gasteiger partial charge is 0.253 e. The summed E-state index contributed by atoms with van der Waals surface area (Å²) in [4.78, 5) is 30.8. The lowest BCUT2D eigenvalue weighted by molar-refractivity contribution is -0.124. The maximum Gasteiger partial charge on any atom is 0.253 e. The number of carbonyl (C=O) groups excluding carboxylic acids is 2. The van der Waals surface area contributed by atoms with Gasteiger partial charge in [-0.1, -0.05) is 18.2 Å². The van der Waals surface area contributed by atoms with Crippen LogP contribution in [0.15, 0.2) is 52.9 Å². The molecule has 0 spiro atoms. The van der Waals surface area contributed by atoms with Crippen LogP contribution in [-0.2, 0) is 4.79 Å². The van der Waals surface area contributed by atoms with E-state index >= 15 is 0 Å². The van der Waals surface area contributed by atoms with Crippen LogP contribution in [0.25, 0.3) is 22.6 Å². The quantitative estimate of drug-likeness (QED) is 0.789. The van der Waals surface area contributed by atoms with Crippen molar-refractivity contribution in [1.82, 2.24) is 15.2 Å². The van der Waals surface area contributed by atoms with Gasteiger partial charge in [-0.3, -0.25) is 9.59 Å². The summed E-state index contributed by atoms with van der Waals surface area (Å²) < 4.78 is 5.79. The number of para-hydroxylation sites is 2. The summed E-state index contributed by atoms with van der Waals surface area (Å²) in [6.07, 6.45) is 0.691. The average molecular weight is 349 g/mol. The Labute approximate surface area is 150 Å². The van der Waals surface area contributed by atoms with Crippen LogP contribution in [0.1, 0.15) is 16.8 Å². The first-order valence-corrected chi connectivity index (χ1v) is 8.62. The lowest BCUT2D eigenvalue weighted by Crippen LogP contribution is -2.33. The molecule has 3 aromatic rings. The number of fused-ring (bicyclic) bond motifs is 1. The number of amides is 2. The molecule has 1 fully saturated rings. The maximum absolute atomic E-state index is 12.8. The molecule has 0 saturated carbocycles. The summed E-state index contributed by atoms with van der Waals surface area (Å²) in [5.41, 5.74) is 2.83. The van der Waals surface area contributed by atoms with Crippen molar-refractivity contribution in [2.24, 2.45) is 5.92 Å². The number of likely N-dealkylation sites (tertiary alicyclic amines) is 1. The molecule has 4 rings (SSSR count). The first-order chi connectivity index (χ1) is 12.7. The summed E-state index contributed by atoms with van der Waals surface area (Å²) in [6, 6.07) is 14.8. The molecule has 1 atom stereocenters. The van der Waals surface area contributed by atoms with Crippen LogP contribution in [0.3, 0.4) is 0 Å². The Morgan fingerprint density at radius 3 is 2.85 bits per heavy atom. The first kappa shape index (κ1) is 16.3. The summed E-state index contributed by atoms with van der Waals surface area (Å²) in [5, 5.41) is 2.65. The van der Waals surface area contributed by atoms with Gasteiger partial charge in [0, 0.05) is 31.3 Å². The standard InChI is InChI=1S/C20H19N3O3/c1-21-18(24)15-9-10-23(12-15)20(25)14-6-4-5-13(11-14)19-22-16-7-2-3-8-17(16)26-19/h2-8,11,15H,9-10,12H2,1H3,(H,21,24)/t15-/m1/s1. The number of carbonyl (C=O) groups is 2. The van der Waals surface area contributed by atoms with Gasteiger partial charge in [0.2, 0.25) is 11.8 Å². The minimum Gasteiger partial charge on any atom is -0.436 e. The van der Waals surface area contributed by atoms with Crippen molar-refractivity contribution in [3.05, 3.63) is 54.1 Å². The summed E-state index contributed by atoms with van der Waals surface area (Å²) in [7, 11) is 1.62. The molecule has 2 heterocycles. The minimum absolute atomic E-state index is 0.0134. The van der Waals surface area contributed by atoms with Crippen LogP contribution >= 0.6 is 0 Å². The van der Waals surface area contributed by atoms with E-state index in [1.807, 2.05) is 36.4 Å². The SMILES string of the molecule is CNC(=O)[C@@H]1CCN(C(=O)c2cccc(-c3nc4ccccc4o3)c2)C1. The molecule has 0 aliphatic carbocycles. The Hall–Kier alpha value is -3.15. The fourth-order valence-electron chi connectivity index (χ4n) is 3.33. The van der Waals surface area contributed by atoms with Crippen molar-refractivity contribution in [3.8, 4) is 11.5 Å². The predicted molar refractivity (Wildman–Crippen MR) is 97.5 cm³/mol. The monoisotopic (exact) mass is 349 g/mol. The molecular weight excluding hydrogens is 330 g/mol. The number of nitrogens with zero attached hydrogens (tertiary/aromatic N) is 2. The molecule has 1 N–H and O–H groups in total. The zero-order valence-electron chi connectivity index (χ0n) is 14.4. The van der Waals surface area contributed by atoms with E-state index in [0.717, 1.165) is 11.1 Å². The number of rotatable bonds is 3. The summed E-state index contributed by atoms with van der Waals surface area (Å²) >= 11 is 0. The van der Waals surface area contributed by atoms with E-state index in [1.165, 1.54) is 0 Å². The number of hydrogen-bond acceptors (Lipinski definition) is 4. The van der Waals surface area contributed by atoms with E-state index in [9.17, 15) is 9.59 Å². The first-order valence-electron chi connectivity index (χ1n) is 8.62. The molecule has 1 saturated heterocycles. The molecule has 6 heteroatoms. The van der Waals surface area contributed by atoms with Crippen molar-refractivity contribution in [3.63, 3.8) is 0 Å². The minimum atomic E-state index is -0.135. The molecule has 0 radical (unpaired) electrons. The van der Waals surface area contributed by atoms with Crippen LogP contribution in [0.2, 0.25) is 0 Å². The van der Waals surface area contributed by atoms with E-state index in [1.54, 1.807) is 24.1 Å². The Morgan fingerprint density at radius 1 is 1.19 bits per heavy atom. The molecule has 1 aromatic heterocycles.